The molecule has 0 amide bonds. The van der Waals surface area contributed by atoms with Gasteiger partial charge in [-0.1, -0.05) is 54.6 Å². The highest BCUT2D eigenvalue weighted by Gasteiger charge is 2.42. The summed E-state index contributed by atoms with van der Waals surface area (Å²) in [7, 11) is 0. The van der Waals surface area contributed by atoms with Gasteiger partial charge in [0.15, 0.2) is 0 Å². The third-order valence-electron chi connectivity index (χ3n) is 4.57. The molecule has 1 fully saturated rings. The Balaban J connectivity index is 2.02. The van der Waals surface area contributed by atoms with E-state index in [4.69, 9.17) is 4.74 Å². The smallest absolute Gasteiger partial charge is 0.114 e. The van der Waals surface area contributed by atoms with E-state index in [1.807, 2.05) is 0 Å². The van der Waals surface area contributed by atoms with Crippen LogP contribution in [-0.4, -0.2) is 6.10 Å². The van der Waals surface area contributed by atoms with Crippen molar-refractivity contribution in [3.05, 3.63) is 65.2 Å². The monoisotopic (exact) mass is 258 g/mol. The first kappa shape index (κ1) is 10.6. The zero-order chi connectivity index (χ0) is 13.3. The molecule has 2 aliphatic rings. The van der Waals surface area contributed by atoms with Gasteiger partial charge in [0.2, 0.25) is 0 Å². The molecule has 1 aliphatic carbocycles. The minimum Gasteiger partial charge on any atom is -0.360 e. The lowest BCUT2D eigenvalue weighted by atomic mass is 9.87. The van der Waals surface area contributed by atoms with E-state index in [9.17, 15) is 0 Å². The van der Waals surface area contributed by atoms with Crippen molar-refractivity contribution in [3.8, 4) is 0 Å². The summed E-state index contributed by atoms with van der Waals surface area (Å²) in [5.41, 5.74) is 4.05. The van der Waals surface area contributed by atoms with Crippen LogP contribution in [0, 0.1) is 6.92 Å². The zero-order valence-corrected chi connectivity index (χ0v) is 11.3. The van der Waals surface area contributed by atoms with Crippen LogP contribution in [0.4, 0.5) is 0 Å². The molecule has 3 aromatic rings. The van der Waals surface area contributed by atoms with Crippen LogP contribution in [-0.2, 0) is 4.74 Å². The van der Waals surface area contributed by atoms with Crippen LogP contribution in [0.2, 0.25) is 0 Å². The first-order valence-electron chi connectivity index (χ1n) is 7.11. The lowest BCUT2D eigenvalue weighted by Gasteiger charge is -2.15. The van der Waals surface area contributed by atoms with E-state index in [0.29, 0.717) is 6.10 Å². The number of epoxide rings is 1. The molecule has 0 spiro atoms. The molecule has 1 nitrogen and oxygen atoms in total. The van der Waals surface area contributed by atoms with Crippen molar-refractivity contribution in [1.82, 2.24) is 0 Å². The maximum atomic E-state index is 5.79. The van der Waals surface area contributed by atoms with E-state index < -0.39 is 0 Å². The summed E-state index contributed by atoms with van der Waals surface area (Å²) in [5, 5.41) is 5.39. The quantitative estimate of drug-likeness (QED) is 0.418. The van der Waals surface area contributed by atoms with Crippen LogP contribution in [0.25, 0.3) is 27.6 Å². The minimum atomic E-state index is 0.276. The summed E-state index contributed by atoms with van der Waals surface area (Å²) in [6.07, 6.45) is 4.96. The number of rotatable bonds is 0. The van der Waals surface area contributed by atoms with Crippen molar-refractivity contribution in [2.75, 3.05) is 0 Å². The molecule has 1 saturated heterocycles. The van der Waals surface area contributed by atoms with Crippen LogP contribution in [0.15, 0.2) is 48.5 Å². The van der Waals surface area contributed by atoms with E-state index in [-0.39, 0.29) is 6.10 Å². The Morgan fingerprint density at radius 1 is 1.00 bits per heavy atom. The maximum absolute atomic E-state index is 5.79. The Hall–Kier alpha value is -2.12. The summed E-state index contributed by atoms with van der Waals surface area (Å²) >= 11 is 0. The minimum absolute atomic E-state index is 0.276. The Morgan fingerprint density at radius 3 is 2.85 bits per heavy atom. The van der Waals surface area contributed by atoms with Crippen molar-refractivity contribution < 1.29 is 4.74 Å². The van der Waals surface area contributed by atoms with Crippen LogP contribution < -0.4 is 0 Å². The first-order chi connectivity index (χ1) is 9.83. The molecule has 0 unspecified atom stereocenters. The molecule has 2 atom stereocenters. The van der Waals surface area contributed by atoms with Crippen molar-refractivity contribution >= 4 is 27.6 Å². The summed E-state index contributed by atoms with van der Waals surface area (Å²) < 4.78 is 5.79. The van der Waals surface area contributed by atoms with E-state index in [1.165, 1.54) is 38.2 Å². The van der Waals surface area contributed by atoms with Crippen LogP contribution in [0.5, 0.6) is 0 Å². The molecule has 1 aliphatic heterocycles. The lowest BCUT2D eigenvalue weighted by Crippen LogP contribution is -1.98. The maximum Gasteiger partial charge on any atom is 0.114 e. The van der Waals surface area contributed by atoms with Gasteiger partial charge in [0.1, 0.15) is 12.2 Å². The molecule has 0 aromatic heterocycles. The number of fused-ring (bicyclic) bond motifs is 7. The fourth-order valence-corrected chi connectivity index (χ4v) is 3.61. The van der Waals surface area contributed by atoms with Crippen molar-refractivity contribution in [3.63, 3.8) is 0 Å². The second-order valence-electron chi connectivity index (χ2n) is 5.79. The first-order valence-corrected chi connectivity index (χ1v) is 7.11. The lowest BCUT2D eigenvalue weighted by molar-refractivity contribution is 0.396. The third-order valence-corrected chi connectivity index (χ3v) is 4.57. The van der Waals surface area contributed by atoms with E-state index >= 15 is 0 Å². The Morgan fingerprint density at radius 2 is 1.90 bits per heavy atom. The van der Waals surface area contributed by atoms with E-state index in [2.05, 4.69) is 61.5 Å². The van der Waals surface area contributed by atoms with Gasteiger partial charge in [0.05, 0.1) is 0 Å². The van der Waals surface area contributed by atoms with Gasteiger partial charge < -0.3 is 4.74 Å². The number of ether oxygens (including phenoxy) is 1. The molecule has 96 valence electrons. The molecule has 5 rings (SSSR count). The molecule has 1 heteroatoms. The normalized spacial score (nSPS) is 22.9. The number of hydrogen-bond donors (Lipinski definition) is 0. The SMILES string of the molecule is Cc1cc2ccccc2c2ccc3c(c12)[C@H]1O[C@H]1C=C3. The summed E-state index contributed by atoms with van der Waals surface area (Å²) in [6, 6.07) is 15.4. The number of aryl methyl sites for hydroxylation is 1. The largest absolute Gasteiger partial charge is 0.360 e. The highest BCUT2D eigenvalue weighted by Crippen LogP contribution is 2.49. The van der Waals surface area contributed by atoms with Gasteiger partial charge in [0, 0.05) is 0 Å². The summed E-state index contributed by atoms with van der Waals surface area (Å²) in [5.74, 6) is 0. The van der Waals surface area contributed by atoms with Crippen LogP contribution in [0.1, 0.15) is 22.8 Å². The molecular formula is C19H14O. The van der Waals surface area contributed by atoms with E-state index in [0.717, 1.165) is 0 Å². The molecular weight excluding hydrogens is 244 g/mol. The zero-order valence-electron chi connectivity index (χ0n) is 11.3. The second kappa shape index (κ2) is 3.50. The number of hydrogen-bond acceptors (Lipinski definition) is 1. The molecule has 0 radical (unpaired) electrons. The van der Waals surface area contributed by atoms with Gasteiger partial charge in [-0.2, -0.15) is 0 Å². The fourth-order valence-electron chi connectivity index (χ4n) is 3.61. The number of benzene rings is 3. The average Bonchev–Trinajstić information content (AvgIpc) is 3.26. The Kier molecular flexibility index (Phi) is 1.86. The van der Waals surface area contributed by atoms with Crippen LogP contribution in [0.3, 0.4) is 0 Å². The van der Waals surface area contributed by atoms with Gasteiger partial charge >= 0.3 is 0 Å². The molecule has 0 N–H and O–H groups in total. The van der Waals surface area contributed by atoms with Crippen LogP contribution >= 0.6 is 0 Å². The molecule has 1 heterocycles. The van der Waals surface area contributed by atoms with E-state index in [1.54, 1.807) is 0 Å². The van der Waals surface area contributed by atoms with Gasteiger partial charge in [-0.05, 0) is 45.2 Å². The predicted octanol–water partition coefficient (Wildman–Crippen LogP) is 4.77. The summed E-state index contributed by atoms with van der Waals surface area (Å²) in [6.45, 7) is 2.21. The highest BCUT2D eigenvalue weighted by atomic mass is 16.6. The average molecular weight is 258 g/mol. The molecule has 20 heavy (non-hydrogen) atoms. The van der Waals surface area contributed by atoms with Gasteiger partial charge in [-0.25, -0.2) is 0 Å². The topological polar surface area (TPSA) is 12.5 Å². The Labute approximate surface area is 117 Å². The van der Waals surface area contributed by atoms with Crippen molar-refractivity contribution in [2.24, 2.45) is 0 Å². The van der Waals surface area contributed by atoms with Crippen molar-refractivity contribution in [2.45, 2.75) is 19.1 Å². The molecule has 3 aromatic carbocycles. The molecule has 0 bridgehead atoms. The standard InChI is InChI=1S/C19H14O/c1-11-10-13-4-2-3-5-14(13)15-8-6-12-7-9-16-19(20-16)18(12)17(11)15/h2-10,16,19H,1H3/t16-,19-/m0/s1. The third kappa shape index (κ3) is 1.26. The van der Waals surface area contributed by atoms with Gasteiger partial charge in [-0.15, -0.1) is 0 Å². The Bertz CT molecular complexity index is 904. The highest BCUT2D eigenvalue weighted by molar-refractivity contribution is 6.11. The second-order valence-corrected chi connectivity index (χ2v) is 5.79. The van der Waals surface area contributed by atoms with Gasteiger partial charge in [-0.3, -0.25) is 0 Å². The predicted molar refractivity (Wildman–Crippen MR) is 82.8 cm³/mol. The summed E-state index contributed by atoms with van der Waals surface area (Å²) in [4.78, 5) is 0. The van der Waals surface area contributed by atoms with Gasteiger partial charge in [0.25, 0.3) is 0 Å². The van der Waals surface area contributed by atoms with Crippen molar-refractivity contribution in [1.29, 1.82) is 0 Å². The molecule has 0 saturated carbocycles. The fraction of sp³-hybridized carbons (Fsp3) is 0.158.